The Morgan fingerprint density at radius 3 is 2.50 bits per heavy atom. The number of aromatic nitrogens is 3. The third kappa shape index (κ3) is 4.00. The summed E-state index contributed by atoms with van der Waals surface area (Å²) >= 11 is 0. The topological polar surface area (TPSA) is 70.7 Å². The van der Waals surface area contributed by atoms with Gasteiger partial charge in [-0.15, -0.1) is 0 Å². The van der Waals surface area contributed by atoms with Gasteiger partial charge in [-0.2, -0.15) is 18.3 Å². The third-order valence-electron chi connectivity index (χ3n) is 3.98. The molecule has 0 radical (unpaired) electrons. The van der Waals surface area contributed by atoms with Crippen LogP contribution in [0, 0.1) is 18.6 Å². The van der Waals surface area contributed by atoms with Gasteiger partial charge in [0.05, 0.1) is 17.7 Å². The van der Waals surface area contributed by atoms with Crippen LogP contribution in [0.15, 0.2) is 36.5 Å². The molecule has 2 heterocycles. The zero-order valence-corrected chi connectivity index (χ0v) is 14.4. The summed E-state index contributed by atoms with van der Waals surface area (Å²) in [4.78, 5) is 15.8. The van der Waals surface area contributed by atoms with E-state index in [1.807, 2.05) is 0 Å². The largest absolute Gasteiger partial charge is 0.435 e. The molecular weight excluding hydrogens is 383 g/mol. The summed E-state index contributed by atoms with van der Waals surface area (Å²) in [6.07, 6.45) is -3.98. The number of anilines is 1. The van der Waals surface area contributed by atoms with Crippen molar-refractivity contribution >= 4 is 11.7 Å². The molecule has 0 atom stereocenters. The molecule has 10 heteroatoms. The van der Waals surface area contributed by atoms with E-state index in [1.165, 1.54) is 18.2 Å². The van der Waals surface area contributed by atoms with Crippen LogP contribution in [-0.2, 0) is 17.4 Å². The molecule has 28 heavy (non-hydrogen) atoms. The highest BCUT2D eigenvalue weighted by molar-refractivity contribution is 5.91. The smallest absolute Gasteiger partial charge is 0.310 e. The van der Waals surface area contributed by atoms with Crippen molar-refractivity contribution in [1.29, 1.82) is 0 Å². The van der Waals surface area contributed by atoms with Crippen LogP contribution < -0.4 is 5.32 Å². The Bertz CT molecular complexity index is 1030. The zero-order chi connectivity index (χ0) is 20.5. The first-order valence-corrected chi connectivity index (χ1v) is 7.98. The normalized spacial score (nSPS) is 11.5. The average molecular weight is 396 g/mol. The van der Waals surface area contributed by atoms with Crippen LogP contribution in [0.4, 0.5) is 27.8 Å². The summed E-state index contributed by atoms with van der Waals surface area (Å²) in [7, 11) is 0. The molecule has 0 unspecified atom stereocenters. The second-order valence-corrected chi connectivity index (χ2v) is 5.94. The van der Waals surface area contributed by atoms with Crippen molar-refractivity contribution in [3.05, 3.63) is 65.0 Å². The van der Waals surface area contributed by atoms with Crippen LogP contribution in [0.5, 0.6) is 0 Å². The number of hydrogen-bond acceptors (Lipinski definition) is 3. The molecule has 3 rings (SSSR count). The van der Waals surface area contributed by atoms with Crippen molar-refractivity contribution < 1.29 is 26.7 Å². The van der Waals surface area contributed by atoms with E-state index in [0.717, 1.165) is 19.2 Å². The van der Waals surface area contributed by atoms with Crippen molar-refractivity contribution in [2.24, 2.45) is 0 Å². The molecule has 0 spiro atoms. The number of nitrogens with zero attached hydrogens (tertiary/aromatic N) is 2. The maximum absolute atomic E-state index is 14.4. The predicted molar refractivity (Wildman–Crippen MR) is 90.2 cm³/mol. The number of H-pyrrole nitrogens is 1. The number of aromatic amines is 1. The Hall–Kier alpha value is -3.30. The standard InChI is InChI=1S/C18H13F5N4O/c1-9-16(26-27-17(9)18(21,22)23)11-8-24-14(7-13(11)20)25-15(28)6-10-4-2-3-5-12(10)19/h2-5,7-8H,6H2,1H3,(H,26,27)(H,24,25,28). The number of carbonyl (C=O) groups is 1. The lowest BCUT2D eigenvalue weighted by molar-refractivity contribution is -0.141. The van der Waals surface area contributed by atoms with Gasteiger partial charge in [0.2, 0.25) is 5.91 Å². The Morgan fingerprint density at radius 2 is 1.89 bits per heavy atom. The van der Waals surface area contributed by atoms with Gasteiger partial charge in [-0.05, 0) is 18.6 Å². The van der Waals surface area contributed by atoms with Crippen LogP contribution in [0.3, 0.4) is 0 Å². The van der Waals surface area contributed by atoms with Crippen LogP contribution in [0.25, 0.3) is 11.3 Å². The van der Waals surface area contributed by atoms with Gasteiger partial charge >= 0.3 is 6.18 Å². The minimum atomic E-state index is -4.68. The lowest BCUT2D eigenvalue weighted by Crippen LogP contribution is -2.16. The van der Waals surface area contributed by atoms with E-state index >= 15 is 0 Å². The Kier molecular flexibility index (Phi) is 5.12. The first-order valence-electron chi connectivity index (χ1n) is 7.98. The van der Waals surface area contributed by atoms with Crippen molar-refractivity contribution in [2.75, 3.05) is 5.32 Å². The maximum atomic E-state index is 14.4. The Morgan fingerprint density at radius 1 is 1.18 bits per heavy atom. The SMILES string of the molecule is Cc1c(C(F)(F)F)n[nH]c1-c1cnc(NC(=O)Cc2ccccc2F)cc1F. The van der Waals surface area contributed by atoms with Crippen LogP contribution in [-0.4, -0.2) is 21.1 Å². The third-order valence-corrected chi connectivity index (χ3v) is 3.98. The Labute approximate surface area is 155 Å². The molecular formula is C18H13F5N4O. The molecule has 0 aliphatic heterocycles. The van der Waals surface area contributed by atoms with Gasteiger partial charge in [-0.1, -0.05) is 18.2 Å². The molecule has 2 aromatic heterocycles. The second-order valence-electron chi connectivity index (χ2n) is 5.94. The molecule has 2 N–H and O–H groups in total. The van der Waals surface area contributed by atoms with Gasteiger partial charge in [0.1, 0.15) is 17.5 Å². The van der Waals surface area contributed by atoms with Gasteiger partial charge in [-0.3, -0.25) is 9.89 Å². The van der Waals surface area contributed by atoms with Gasteiger partial charge in [0.25, 0.3) is 0 Å². The molecule has 0 fully saturated rings. The predicted octanol–water partition coefficient (Wildman–Crippen LogP) is 4.26. The highest BCUT2D eigenvalue weighted by atomic mass is 19.4. The number of amides is 1. The van der Waals surface area contributed by atoms with Crippen molar-refractivity contribution in [2.45, 2.75) is 19.5 Å². The number of alkyl halides is 3. The number of rotatable bonds is 4. The zero-order valence-electron chi connectivity index (χ0n) is 14.4. The molecule has 0 aliphatic carbocycles. The molecule has 0 bridgehead atoms. The first-order chi connectivity index (χ1) is 13.2. The molecule has 3 aromatic rings. The highest BCUT2D eigenvalue weighted by Gasteiger charge is 2.37. The van der Waals surface area contributed by atoms with E-state index in [2.05, 4.69) is 20.5 Å². The quantitative estimate of drug-likeness (QED) is 0.648. The summed E-state index contributed by atoms with van der Waals surface area (Å²) in [6.45, 7) is 1.16. The van der Waals surface area contributed by atoms with Gasteiger partial charge in [0, 0.05) is 17.8 Å². The fourth-order valence-electron chi connectivity index (χ4n) is 2.62. The summed E-state index contributed by atoms with van der Waals surface area (Å²) in [5.41, 5.74) is -1.66. The van der Waals surface area contributed by atoms with E-state index in [0.29, 0.717) is 0 Å². The summed E-state index contributed by atoms with van der Waals surface area (Å²) in [5, 5.41) is 7.66. The number of benzene rings is 1. The van der Waals surface area contributed by atoms with Crippen molar-refractivity contribution in [3.8, 4) is 11.3 Å². The molecule has 0 saturated carbocycles. The molecule has 0 aliphatic rings. The van der Waals surface area contributed by atoms with Gasteiger partial charge in [-0.25, -0.2) is 13.8 Å². The average Bonchev–Trinajstić information content (AvgIpc) is 2.99. The van der Waals surface area contributed by atoms with Crippen LogP contribution in [0.2, 0.25) is 0 Å². The van der Waals surface area contributed by atoms with Crippen LogP contribution in [0.1, 0.15) is 16.8 Å². The molecule has 146 valence electrons. The monoisotopic (exact) mass is 396 g/mol. The van der Waals surface area contributed by atoms with Crippen LogP contribution >= 0.6 is 0 Å². The highest BCUT2D eigenvalue weighted by Crippen LogP contribution is 2.35. The van der Waals surface area contributed by atoms with E-state index in [9.17, 15) is 26.7 Å². The second kappa shape index (κ2) is 7.37. The lowest BCUT2D eigenvalue weighted by Gasteiger charge is -2.08. The number of halogens is 5. The van der Waals surface area contributed by atoms with Gasteiger partial charge < -0.3 is 5.32 Å². The number of carbonyl (C=O) groups excluding carboxylic acids is 1. The number of hydrogen-bond donors (Lipinski definition) is 2. The summed E-state index contributed by atoms with van der Waals surface area (Å²) < 4.78 is 66.4. The first kappa shape index (κ1) is 19.5. The van der Waals surface area contributed by atoms with E-state index in [-0.39, 0.29) is 34.6 Å². The van der Waals surface area contributed by atoms with Crippen molar-refractivity contribution in [1.82, 2.24) is 15.2 Å². The van der Waals surface area contributed by atoms with E-state index in [4.69, 9.17) is 0 Å². The molecule has 0 saturated heterocycles. The minimum Gasteiger partial charge on any atom is -0.310 e. The van der Waals surface area contributed by atoms with E-state index in [1.54, 1.807) is 6.07 Å². The maximum Gasteiger partial charge on any atom is 0.435 e. The lowest BCUT2D eigenvalue weighted by atomic mass is 10.1. The molecule has 5 nitrogen and oxygen atoms in total. The summed E-state index contributed by atoms with van der Waals surface area (Å²) in [5.74, 6) is -2.24. The number of pyridine rings is 1. The van der Waals surface area contributed by atoms with Gasteiger partial charge in [0.15, 0.2) is 5.69 Å². The van der Waals surface area contributed by atoms with Crippen molar-refractivity contribution in [3.63, 3.8) is 0 Å². The van der Waals surface area contributed by atoms with E-state index < -0.39 is 29.4 Å². The fraction of sp³-hybridized carbons (Fsp3) is 0.167. The molecule has 1 aromatic carbocycles. The fourth-order valence-corrected chi connectivity index (χ4v) is 2.62. The number of nitrogens with one attached hydrogen (secondary N) is 2. The summed E-state index contributed by atoms with van der Waals surface area (Å²) in [6, 6.07) is 6.55. The molecule has 1 amide bonds. The minimum absolute atomic E-state index is 0.157. The Balaban J connectivity index is 1.79.